The first kappa shape index (κ1) is 43.3. The van der Waals surface area contributed by atoms with Crippen LogP contribution in [0.25, 0.3) is 0 Å². The van der Waals surface area contributed by atoms with Crippen LogP contribution in [0.15, 0.2) is 18.2 Å². The second-order valence-corrected chi connectivity index (χ2v) is 16.1. The number of aromatic hydroxyl groups is 3. The molecule has 18 heteroatoms. The van der Waals surface area contributed by atoms with Crippen molar-refractivity contribution in [3.8, 4) is 17.2 Å². The van der Waals surface area contributed by atoms with Gasteiger partial charge < -0.3 is 74.2 Å². The summed E-state index contributed by atoms with van der Waals surface area (Å²) in [4.78, 5) is 41.2. The number of aliphatic hydroxyl groups is 4. The van der Waals surface area contributed by atoms with E-state index >= 15 is 0 Å². The minimum Gasteiger partial charge on any atom is -0.507 e. The lowest BCUT2D eigenvalue weighted by Crippen LogP contribution is -2.58. The van der Waals surface area contributed by atoms with Crippen LogP contribution in [0.3, 0.4) is 0 Å². The minimum absolute atomic E-state index is 0.0146. The van der Waals surface area contributed by atoms with E-state index in [1.807, 2.05) is 0 Å². The van der Waals surface area contributed by atoms with Crippen LogP contribution in [0.5, 0.6) is 17.2 Å². The van der Waals surface area contributed by atoms with Crippen LogP contribution >= 0.6 is 0 Å². The molecule has 7 rings (SSSR count). The fraction of sp³-hybridized carbons (Fsp3) is 0.634. The maximum Gasteiger partial charge on any atom is 0.316 e. The fourth-order valence-electron chi connectivity index (χ4n) is 9.32. The lowest BCUT2D eigenvalue weighted by Gasteiger charge is -2.47. The van der Waals surface area contributed by atoms with Crippen molar-refractivity contribution in [3.63, 3.8) is 0 Å². The molecule has 5 aliphatic rings. The zero-order valence-corrected chi connectivity index (χ0v) is 33.6. The number of nitrogens with one attached hydrogen (secondary N) is 1. The number of benzene rings is 2. The zero-order valence-electron chi connectivity index (χ0n) is 33.6. The van der Waals surface area contributed by atoms with E-state index in [2.05, 4.69) is 5.32 Å². The van der Waals surface area contributed by atoms with E-state index in [9.17, 15) is 50.1 Å². The van der Waals surface area contributed by atoms with Crippen LogP contribution in [-0.2, 0) is 38.0 Å². The van der Waals surface area contributed by atoms with Crippen LogP contribution in [0.1, 0.15) is 115 Å². The van der Waals surface area contributed by atoms with Crippen molar-refractivity contribution in [2.45, 2.75) is 151 Å². The van der Waals surface area contributed by atoms with E-state index < -0.39 is 143 Å². The summed E-state index contributed by atoms with van der Waals surface area (Å²) in [6.07, 6.45) is -10.6. The highest BCUT2D eigenvalue weighted by Gasteiger charge is 2.54. The van der Waals surface area contributed by atoms with Gasteiger partial charge in [0.2, 0.25) is 5.78 Å². The van der Waals surface area contributed by atoms with Gasteiger partial charge in [-0.25, -0.2) is 0 Å². The van der Waals surface area contributed by atoms with Crippen molar-refractivity contribution in [2.75, 3.05) is 14.2 Å². The highest BCUT2D eigenvalue weighted by Crippen LogP contribution is 2.54. The van der Waals surface area contributed by atoms with Crippen molar-refractivity contribution < 1.29 is 83.3 Å². The van der Waals surface area contributed by atoms with Gasteiger partial charge in [0.15, 0.2) is 24.7 Å². The van der Waals surface area contributed by atoms with Crippen molar-refractivity contribution in [2.24, 2.45) is 0 Å². The molecule has 0 aromatic heterocycles. The van der Waals surface area contributed by atoms with Gasteiger partial charge in [-0.15, -0.1) is 0 Å². The number of ketones is 2. The van der Waals surface area contributed by atoms with Gasteiger partial charge in [-0.2, -0.15) is 0 Å². The highest BCUT2D eigenvalue weighted by molar-refractivity contribution is 6.31. The monoisotopic (exact) mass is 831 g/mol. The molecule has 10 unspecified atom stereocenters. The second kappa shape index (κ2) is 16.6. The molecule has 59 heavy (non-hydrogen) atoms. The Balaban J connectivity index is 1.12. The molecule has 2 aliphatic carbocycles. The quantitative estimate of drug-likeness (QED) is 0.111. The van der Waals surface area contributed by atoms with Gasteiger partial charge in [0.25, 0.3) is 0 Å². The molecule has 324 valence electrons. The van der Waals surface area contributed by atoms with Gasteiger partial charge in [0.05, 0.1) is 66.0 Å². The van der Waals surface area contributed by atoms with Crippen LogP contribution < -0.4 is 5.32 Å². The predicted molar refractivity (Wildman–Crippen MR) is 201 cm³/mol. The number of ether oxygens (including phenoxy) is 7. The Kier molecular flexibility index (Phi) is 12.2. The van der Waals surface area contributed by atoms with Gasteiger partial charge in [-0.1, -0.05) is 6.92 Å². The molecule has 0 saturated carbocycles. The molecule has 0 amide bonds. The third-order valence-electron chi connectivity index (χ3n) is 12.5. The van der Waals surface area contributed by atoms with Gasteiger partial charge >= 0.3 is 5.97 Å². The van der Waals surface area contributed by atoms with E-state index in [4.69, 9.17) is 33.2 Å². The topological polar surface area (TPSA) is 269 Å². The van der Waals surface area contributed by atoms with Crippen molar-refractivity contribution in [3.05, 3.63) is 51.6 Å². The number of phenolic OH excluding ortho intramolecular Hbond substituents is 3. The first-order valence-electron chi connectivity index (χ1n) is 19.9. The Labute approximate surface area is 339 Å². The summed E-state index contributed by atoms with van der Waals surface area (Å²) in [5, 5.41) is 79.8. The van der Waals surface area contributed by atoms with E-state index in [1.54, 1.807) is 34.7 Å². The summed E-state index contributed by atoms with van der Waals surface area (Å²) in [6, 6.07) is 2.91. The number of carbonyl (C=O) groups excluding carboxylic acids is 3. The fourth-order valence-corrected chi connectivity index (χ4v) is 9.32. The van der Waals surface area contributed by atoms with Crippen LogP contribution in [-0.4, -0.2) is 147 Å². The van der Waals surface area contributed by atoms with E-state index in [0.29, 0.717) is 0 Å². The highest BCUT2D eigenvalue weighted by atomic mass is 16.7. The number of carbonyl (C=O) groups is 3. The Bertz CT molecular complexity index is 1930. The molecule has 8 N–H and O–H groups in total. The molecule has 2 aromatic rings. The number of aliphatic hydroxyl groups excluding tert-OH is 3. The number of hydrogen-bond donors (Lipinski definition) is 8. The standard InChI is InChI=1S/C41H53NO17/c1-7-41(52)14-25(29-18(33(41)40(51)53-6)10-19-30(36(29)49)37(50)32-22(44)9-8-21(43)31(32)35(19)48)57-26-11-20(42-5)38(16(3)55-26)58-28-13-24(46)39(17(4)56-28)59-27-12-23(45)34(47)15(2)54-27/h8-10,15-17,20,23-28,33-34,38-39,42-47,49,52H,7,11-14H2,1-6H3/t15?,16?,17?,20?,23?,24?,25-,26?,27?,28?,33-,34?,38+,39+,41+/m0/s1. The Morgan fingerprint density at radius 1 is 0.814 bits per heavy atom. The summed E-state index contributed by atoms with van der Waals surface area (Å²) in [7, 11) is 2.85. The molecule has 2 aromatic carbocycles. The number of phenols is 3. The number of hydrogen-bond acceptors (Lipinski definition) is 18. The number of fused-ring (bicyclic) bond motifs is 3. The summed E-state index contributed by atoms with van der Waals surface area (Å²) in [6.45, 7) is 6.74. The van der Waals surface area contributed by atoms with Gasteiger partial charge in [-0.3, -0.25) is 14.4 Å². The van der Waals surface area contributed by atoms with E-state index in [0.717, 1.165) is 19.2 Å². The normalized spacial score (nSPS) is 38.3. The molecular formula is C41H53NO17. The number of likely N-dealkylation sites (N-methyl/N-ethyl adjacent to an activating group) is 1. The SMILES string of the molecule is CC[C@@]1(O)C[C@H](OC2CC(NC)[C@H](OC3CC(O)[C@H](OC4CC(O)C(O)C(C)O4)C(C)O3)C(C)O2)c2c(cc3c(c2O)C(=O)c2c(O)ccc(O)c2C3=O)[C@H]1C(=O)OC. The van der Waals surface area contributed by atoms with Crippen molar-refractivity contribution in [1.82, 2.24) is 5.32 Å². The maximum absolute atomic E-state index is 13.9. The predicted octanol–water partition coefficient (Wildman–Crippen LogP) is 1.28. The Morgan fingerprint density at radius 2 is 1.37 bits per heavy atom. The molecule has 3 fully saturated rings. The summed E-state index contributed by atoms with van der Waals surface area (Å²) >= 11 is 0. The van der Waals surface area contributed by atoms with Crippen LogP contribution in [0, 0.1) is 0 Å². The maximum atomic E-state index is 13.9. The molecular weight excluding hydrogens is 778 g/mol. The first-order chi connectivity index (χ1) is 27.9. The Morgan fingerprint density at radius 3 is 1.95 bits per heavy atom. The minimum atomic E-state index is -1.82. The van der Waals surface area contributed by atoms with Gasteiger partial charge in [-0.05, 0) is 58.0 Å². The average molecular weight is 832 g/mol. The lowest BCUT2D eigenvalue weighted by atomic mass is 9.67. The lowest BCUT2D eigenvalue weighted by molar-refractivity contribution is -0.329. The summed E-state index contributed by atoms with van der Waals surface area (Å²) < 4.78 is 42.2. The van der Waals surface area contributed by atoms with Crippen molar-refractivity contribution in [1.29, 1.82) is 0 Å². The summed E-state index contributed by atoms with van der Waals surface area (Å²) in [5.41, 5.74) is -3.65. The zero-order chi connectivity index (χ0) is 42.8. The average Bonchev–Trinajstić information content (AvgIpc) is 3.18. The molecule has 15 atom stereocenters. The largest absolute Gasteiger partial charge is 0.507 e. The second-order valence-electron chi connectivity index (χ2n) is 16.1. The van der Waals surface area contributed by atoms with Gasteiger partial charge in [0.1, 0.15) is 41.5 Å². The number of methoxy groups -OCH3 is 1. The van der Waals surface area contributed by atoms with Crippen molar-refractivity contribution >= 4 is 17.5 Å². The molecule has 3 heterocycles. The molecule has 0 radical (unpaired) electrons. The van der Waals surface area contributed by atoms with Crippen LogP contribution in [0.2, 0.25) is 0 Å². The molecule has 3 aliphatic heterocycles. The molecule has 0 bridgehead atoms. The molecule has 3 saturated heterocycles. The molecule has 0 spiro atoms. The number of rotatable bonds is 9. The van der Waals surface area contributed by atoms with Gasteiger partial charge in [0, 0.05) is 42.9 Å². The summed E-state index contributed by atoms with van der Waals surface area (Å²) in [5.74, 6) is -5.96. The van der Waals surface area contributed by atoms with E-state index in [1.165, 1.54) is 6.07 Å². The van der Waals surface area contributed by atoms with Crippen LogP contribution in [0.4, 0.5) is 0 Å². The number of esters is 1. The third kappa shape index (κ3) is 7.63. The molecule has 18 nitrogen and oxygen atoms in total. The third-order valence-corrected chi connectivity index (χ3v) is 12.5. The smallest absolute Gasteiger partial charge is 0.316 e. The first-order valence-corrected chi connectivity index (χ1v) is 19.9. The Hall–Kier alpha value is -3.79. The van der Waals surface area contributed by atoms with E-state index in [-0.39, 0.29) is 48.8 Å².